The first-order valence-electron chi connectivity index (χ1n) is 5.79. The first kappa shape index (κ1) is 14.8. The van der Waals surface area contributed by atoms with Crippen LogP contribution in [0.5, 0.6) is 5.75 Å². The summed E-state index contributed by atoms with van der Waals surface area (Å²) >= 11 is 5.51. The second-order valence-corrected chi connectivity index (χ2v) is 4.05. The predicted molar refractivity (Wildman–Crippen MR) is 69.4 cm³/mol. The second-order valence-electron chi connectivity index (χ2n) is 3.67. The van der Waals surface area contributed by atoms with Crippen LogP contribution in [0.4, 0.5) is 0 Å². The molecule has 0 amide bonds. The fourth-order valence-corrected chi connectivity index (χ4v) is 1.59. The van der Waals surface area contributed by atoms with Crippen molar-refractivity contribution in [3.05, 3.63) is 29.8 Å². The van der Waals surface area contributed by atoms with Crippen molar-refractivity contribution >= 4 is 17.6 Å². The standard InChI is InChI=1S/C13H17ClO4/c1-2-17-12(13(15)16)9-10-3-5-11(6-4-10)18-8-7-14/h3-6,12H,2,7-9H2,1H3,(H,15,16). The first-order valence-corrected chi connectivity index (χ1v) is 6.33. The minimum Gasteiger partial charge on any atom is -0.492 e. The second kappa shape index (κ2) is 7.95. The minimum atomic E-state index is -0.945. The van der Waals surface area contributed by atoms with Gasteiger partial charge in [0.05, 0.1) is 5.88 Å². The molecule has 5 heteroatoms. The van der Waals surface area contributed by atoms with Gasteiger partial charge in [-0.3, -0.25) is 0 Å². The quantitative estimate of drug-likeness (QED) is 0.738. The van der Waals surface area contributed by atoms with E-state index < -0.39 is 12.1 Å². The van der Waals surface area contributed by atoms with E-state index in [2.05, 4.69) is 0 Å². The van der Waals surface area contributed by atoms with E-state index in [1.807, 2.05) is 12.1 Å². The van der Waals surface area contributed by atoms with E-state index in [9.17, 15) is 4.79 Å². The molecule has 1 aromatic carbocycles. The van der Waals surface area contributed by atoms with Crippen LogP contribution in [0.2, 0.25) is 0 Å². The van der Waals surface area contributed by atoms with Crippen molar-refractivity contribution in [2.45, 2.75) is 19.4 Å². The summed E-state index contributed by atoms with van der Waals surface area (Å²) in [7, 11) is 0. The molecule has 1 atom stereocenters. The summed E-state index contributed by atoms with van der Waals surface area (Å²) in [5.41, 5.74) is 0.897. The molecule has 1 unspecified atom stereocenters. The van der Waals surface area contributed by atoms with E-state index in [4.69, 9.17) is 26.2 Å². The van der Waals surface area contributed by atoms with Crippen LogP contribution in [-0.2, 0) is 16.0 Å². The average molecular weight is 273 g/mol. The van der Waals surface area contributed by atoms with Gasteiger partial charge in [0, 0.05) is 13.0 Å². The summed E-state index contributed by atoms with van der Waals surface area (Å²) in [6, 6.07) is 7.26. The lowest BCUT2D eigenvalue weighted by Gasteiger charge is -2.12. The molecule has 0 spiro atoms. The van der Waals surface area contributed by atoms with Crippen LogP contribution in [0.1, 0.15) is 12.5 Å². The predicted octanol–water partition coefficient (Wildman–Crippen LogP) is 2.34. The van der Waals surface area contributed by atoms with E-state index in [0.29, 0.717) is 25.5 Å². The van der Waals surface area contributed by atoms with Crippen LogP contribution in [0.25, 0.3) is 0 Å². The van der Waals surface area contributed by atoms with Crippen LogP contribution in [0.3, 0.4) is 0 Å². The van der Waals surface area contributed by atoms with Gasteiger partial charge in [0.15, 0.2) is 6.10 Å². The SMILES string of the molecule is CCOC(Cc1ccc(OCCCl)cc1)C(=O)O. The smallest absolute Gasteiger partial charge is 0.333 e. The minimum absolute atomic E-state index is 0.346. The molecule has 0 saturated carbocycles. The molecule has 0 bridgehead atoms. The van der Waals surface area contributed by atoms with Crippen molar-refractivity contribution < 1.29 is 19.4 Å². The highest BCUT2D eigenvalue weighted by atomic mass is 35.5. The number of carboxylic acids is 1. The largest absolute Gasteiger partial charge is 0.492 e. The molecule has 0 aliphatic rings. The van der Waals surface area contributed by atoms with Gasteiger partial charge >= 0.3 is 5.97 Å². The lowest BCUT2D eigenvalue weighted by Crippen LogP contribution is -2.26. The summed E-state index contributed by atoms with van der Waals surface area (Å²) in [4.78, 5) is 10.9. The van der Waals surface area contributed by atoms with Crippen LogP contribution in [-0.4, -0.2) is 36.3 Å². The van der Waals surface area contributed by atoms with E-state index in [1.165, 1.54) is 0 Å². The lowest BCUT2D eigenvalue weighted by atomic mass is 10.1. The normalized spacial score (nSPS) is 12.1. The Hall–Kier alpha value is -1.26. The number of benzene rings is 1. The fourth-order valence-electron chi connectivity index (χ4n) is 1.51. The summed E-state index contributed by atoms with van der Waals surface area (Å²) in [6.45, 7) is 2.62. The van der Waals surface area contributed by atoms with Gasteiger partial charge in [-0.2, -0.15) is 0 Å². The zero-order chi connectivity index (χ0) is 13.4. The van der Waals surface area contributed by atoms with Crippen LogP contribution in [0.15, 0.2) is 24.3 Å². The van der Waals surface area contributed by atoms with Gasteiger partial charge in [-0.25, -0.2) is 4.79 Å². The number of rotatable bonds is 8. The molecule has 18 heavy (non-hydrogen) atoms. The number of carboxylic acid groups (broad SMARTS) is 1. The average Bonchev–Trinajstić information content (AvgIpc) is 2.37. The van der Waals surface area contributed by atoms with E-state index in [1.54, 1.807) is 19.1 Å². The third-order valence-corrected chi connectivity index (χ3v) is 2.49. The Morgan fingerprint density at radius 3 is 2.56 bits per heavy atom. The van der Waals surface area contributed by atoms with Crippen LogP contribution in [0, 0.1) is 0 Å². The molecule has 0 heterocycles. The Morgan fingerprint density at radius 2 is 2.06 bits per heavy atom. The zero-order valence-electron chi connectivity index (χ0n) is 10.3. The van der Waals surface area contributed by atoms with Gasteiger partial charge in [-0.05, 0) is 24.6 Å². The molecule has 4 nitrogen and oxygen atoms in total. The van der Waals surface area contributed by atoms with Crippen molar-refractivity contribution in [2.75, 3.05) is 19.1 Å². The Bertz CT molecular complexity index is 364. The number of aliphatic carboxylic acids is 1. The summed E-state index contributed by atoms with van der Waals surface area (Å²) in [5, 5.41) is 8.97. The highest BCUT2D eigenvalue weighted by Gasteiger charge is 2.17. The van der Waals surface area contributed by atoms with Crippen molar-refractivity contribution in [1.82, 2.24) is 0 Å². The van der Waals surface area contributed by atoms with Crippen molar-refractivity contribution in [3.8, 4) is 5.75 Å². The van der Waals surface area contributed by atoms with Gasteiger partial charge < -0.3 is 14.6 Å². The molecule has 0 fully saturated rings. The first-order chi connectivity index (χ1) is 8.67. The summed E-state index contributed by atoms with van der Waals surface area (Å²) in [5.74, 6) is 0.217. The number of halogens is 1. The molecule has 0 saturated heterocycles. The Labute approximate surface area is 111 Å². The molecule has 100 valence electrons. The number of carbonyl (C=O) groups is 1. The van der Waals surface area contributed by atoms with Crippen molar-refractivity contribution in [1.29, 1.82) is 0 Å². The Balaban J connectivity index is 2.58. The van der Waals surface area contributed by atoms with Crippen molar-refractivity contribution in [2.24, 2.45) is 0 Å². The van der Waals surface area contributed by atoms with Gasteiger partial charge in [-0.15, -0.1) is 11.6 Å². The molecule has 0 aliphatic carbocycles. The monoisotopic (exact) mass is 272 g/mol. The fraction of sp³-hybridized carbons (Fsp3) is 0.462. The number of ether oxygens (including phenoxy) is 2. The van der Waals surface area contributed by atoms with E-state index in [0.717, 1.165) is 11.3 Å². The number of hydrogen-bond acceptors (Lipinski definition) is 3. The highest BCUT2D eigenvalue weighted by molar-refractivity contribution is 6.18. The molecular weight excluding hydrogens is 256 g/mol. The molecule has 1 N–H and O–H groups in total. The van der Waals surface area contributed by atoms with Gasteiger partial charge in [-0.1, -0.05) is 12.1 Å². The molecular formula is C13H17ClO4. The van der Waals surface area contributed by atoms with Crippen LogP contribution >= 0.6 is 11.6 Å². The van der Waals surface area contributed by atoms with Gasteiger partial charge in [0.1, 0.15) is 12.4 Å². The number of hydrogen-bond donors (Lipinski definition) is 1. The number of alkyl halides is 1. The molecule has 0 aliphatic heterocycles. The lowest BCUT2D eigenvalue weighted by molar-refractivity contribution is -0.149. The molecule has 1 aromatic rings. The van der Waals surface area contributed by atoms with Crippen molar-refractivity contribution in [3.63, 3.8) is 0 Å². The van der Waals surface area contributed by atoms with Gasteiger partial charge in [0.2, 0.25) is 0 Å². The molecule has 0 aromatic heterocycles. The summed E-state index contributed by atoms with van der Waals surface area (Å²) < 4.78 is 10.5. The Morgan fingerprint density at radius 1 is 1.39 bits per heavy atom. The zero-order valence-corrected chi connectivity index (χ0v) is 11.0. The third-order valence-electron chi connectivity index (χ3n) is 2.33. The van der Waals surface area contributed by atoms with Crippen LogP contribution < -0.4 is 4.74 Å². The maximum Gasteiger partial charge on any atom is 0.333 e. The van der Waals surface area contributed by atoms with E-state index in [-0.39, 0.29) is 0 Å². The van der Waals surface area contributed by atoms with Gasteiger partial charge in [0.25, 0.3) is 0 Å². The molecule has 0 radical (unpaired) electrons. The maximum absolute atomic E-state index is 10.9. The maximum atomic E-state index is 10.9. The molecule has 1 rings (SSSR count). The van der Waals surface area contributed by atoms with E-state index >= 15 is 0 Å². The topological polar surface area (TPSA) is 55.8 Å². The third kappa shape index (κ3) is 4.94. The highest BCUT2D eigenvalue weighted by Crippen LogP contribution is 2.14. The summed E-state index contributed by atoms with van der Waals surface area (Å²) in [6.07, 6.45) is -0.455. The Kier molecular flexibility index (Phi) is 6.54.